The van der Waals surface area contributed by atoms with E-state index in [9.17, 15) is 0 Å². The Kier molecular flexibility index (Phi) is 3.11. The normalized spacial score (nSPS) is 25.5. The number of aromatic amines is 1. The van der Waals surface area contributed by atoms with E-state index in [1.807, 2.05) is 17.8 Å². The van der Waals surface area contributed by atoms with Crippen molar-refractivity contribution in [3.05, 3.63) is 35.8 Å². The largest absolute Gasteiger partial charge is 0.346 e. The number of H-pyrrole nitrogens is 1. The van der Waals surface area contributed by atoms with Gasteiger partial charge in [-0.1, -0.05) is 24.9 Å². The van der Waals surface area contributed by atoms with E-state index in [0.717, 1.165) is 17.1 Å². The first-order chi connectivity index (χ1) is 10.3. The number of hydrogen-bond donors (Lipinski definition) is 2. The molecule has 0 amide bonds. The van der Waals surface area contributed by atoms with Crippen LogP contribution in [0.5, 0.6) is 0 Å². The first-order valence-corrected chi connectivity index (χ1v) is 7.85. The highest BCUT2D eigenvalue weighted by atomic mass is 15.3. The number of fused-ring (bicyclic) bond motifs is 1. The highest BCUT2D eigenvalue weighted by molar-refractivity contribution is 6.14. The molecule has 4 rings (SSSR count). The number of nitrogens with zero attached hydrogens (tertiary/aromatic N) is 2. The van der Waals surface area contributed by atoms with Gasteiger partial charge in [0.2, 0.25) is 0 Å². The first kappa shape index (κ1) is 12.8. The summed E-state index contributed by atoms with van der Waals surface area (Å²) in [5.41, 5.74) is 6.58. The summed E-state index contributed by atoms with van der Waals surface area (Å²) in [6.45, 7) is 2.37. The number of pyridine rings is 1. The fourth-order valence-corrected chi connectivity index (χ4v) is 3.67. The number of rotatable bonds is 2. The van der Waals surface area contributed by atoms with Gasteiger partial charge in [0.1, 0.15) is 11.8 Å². The monoisotopic (exact) mass is 281 g/mol. The summed E-state index contributed by atoms with van der Waals surface area (Å²) >= 11 is 0. The van der Waals surface area contributed by atoms with Crippen LogP contribution >= 0.6 is 0 Å². The number of quaternary nitrogens is 1. The van der Waals surface area contributed by atoms with E-state index in [-0.39, 0.29) is 0 Å². The van der Waals surface area contributed by atoms with Crippen LogP contribution < -0.4 is 5.43 Å². The van der Waals surface area contributed by atoms with Crippen LogP contribution in [0.3, 0.4) is 0 Å². The lowest BCUT2D eigenvalue weighted by Gasteiger charge is -2.26. The van der Waals surface area contributed by atoms with Gasteiger partial charge in [-0.3, -0.25) is 0 Å². The maximum Gasteiger partial charge on any atom is 0.137 e. The van der Waals surface area contributed by atoms with E-state index in [2.05, 4.69) is 40.5 Å². The van der Waals surface area contributed by atoms with Gasteiger partial charge in [-0.15, -0.1) is 0 Å². The van der Waals surface area contributed by atoms with E-state index in [1.165, 1.54) is 42.2 Å². The minimum Gasteiger partial charge on any atom is -0.346 e. The minimum atomic E-state index is 0.672. The van der Waals surface area contributed by atoms with Crippen LogP contribution in [0.1, 0.15) is 49.7 Å². The topological polar surface area (TPSA) is 57.6 Å². The molecule has 108 valence electrons. The van der Waals surface area contributed by atoms with Crippen molar-refractivity contribution >= 4 is 22.8 Å². The molecule has 1 aliphatic carbocycles. The van der Waals surface area contributed by atoms with E-state index < -0.39 is 0 Å². The Morgan fingerprint density at radius 2 is 2.29 bits per heavy atom. The predicted molar refractivity (Wildman–Crippen MR) is 84.9 cm³/mol. The lowest BCUT2D eigenvalue weighted by atomic mass is 9.79. The molecule has 2 aromatic rings. The molecule has 0 aromatic carbocycles. The van der Waals surface area contributed by atoms with Crippen molar-refractivity contribution in [1.29, 1.82) is 0 Å². The van der Waals surface area contributed by atoms with Crippen LogP contribution in [0.4, 0.5) is 0 Å². The maximum atomic E-state index is 4.64. The Balaban J connectivity index is 1.74. The van der Waals surface area contributed by atoms with E-state index >= 15 is 0 Å². The van der Waals surface area contributed by atoms with Crippen LogP contribution in [-0.4, -0.2) is 16.2 Å². The molecule has 1 saturated carbocycles. The van der Waals surface area contributed by atoms with Crippen molar-refractivity contribution < 1.29 is 5.43 Å². The first-order valence-electron chi connectivity index (χ1n) is 7.85. The molecule has 0 bridgehead atoms. The highest BCUT2D eigenvalue weighted by Crippen LogP contribution is 2.37. The molecule has 3 N–H and O–H groups in total. The van der Waals surface area contributed by atoms with E-state index in [1.54, 1.807) is 0 Å². The molecule has 4 heteroatoms. The summed E-state index contributed by atoms with van der Waals surface area (Å²) in [5.74, 6) is 1.51. The van der Waals surface area contributed by atoms with Crippen LogP contribution in [0.25, 0.3) is 16.6 Å². The van der Waals surface area contributed by atoms with Crippen LogP contribution in [-0.2, 0) is 0 Å². The van der Waals surface area contributed by atoms with Gasteiger partial charge in [-0.05, 0) is 36.3 Å². The highest BCUT2D eigenvalue weighted by Gasteiger charge is 2.22. The van der Waals surface area contributed by atoms with Gasteiger partial charge < -0.3 is 4.98 Å². The third-order valence-corrected chi connectivity index (χ3v) is 4.82. The molecule has 2 unspecified atom stereocenters. The molecule has 3 heterocycles. The average molecular weight is 281 g/mol. The third kappa shape index (κ3) is 2.29. The second-order valence-corrected chi connectivity index (χ2v) is 6.39. The lowest BCUT2D eigenvalue weighted by Crippen LogP contribution is -2.69. The van der Waals surface area contributed by atoms with Crippen molar-refractivity contribution in [2.75, 3.05) is 0 Å². The fraction of sp³-hybridized carbons (Fsp3) is 0.412. The quantitative estimate of drug-likeness (QED) is 0.817. The van der Waals surface area contributed by atoms with Crippen molar-refractivity contribution in [3.8, 4) is 0 Å². The predicted octanol–water partition coefficient (Wildman–Crippen LogP) is 2.76. The Morgan fingerprint density at radius 1 is 1.33 bits per heavy atom. The molecular weight excluding hydrogens is 260 g/mol. The summed E-state index contributed by atoms with van der Waals surface area (Å²) in [6.07, 6.45) is 13.4. The summed E-state index contributed by atoms with van der Waals surface area (Å²) in [7, 11) is 0. The van der Waals surface area contributed by atoms with Gasteiger partial charge in [0.15, 0.2) is 0 Å². The smallest absolute Gasteiger partial charge is 0.137 e. The second kappa shape index (κ2) is 5.11. The molecule has 2 atom stereocenters. The van der Waals surface area contributed by atoms with Crippen molar-refractivity contribution in [2.24, 2.45) is 11.0 Å². The van der Waals surface area contributed by atoms with Crippen molar-refractivity contribution in [3.63, 3.8) is 0 Å². The lowest BCUT2D eigenvalue weighted by molar-refractivity contribution is -0.589. The standard InChI is InChI=1S/C17H20N4/c1-11-3-2-4-12(5-11)13-6-15-16(14-8-20-21-9-14)10-19-17(15)18-7-13/h6-12H,2-5H2,1H3,(H,18,19)(H,20,21)/p+1. The van der Waals surface area contributed by atoms with Crippen LogP contribution in [0.15, 0.2) is 29.8 Å². The zero-order valence-corrected chi connectivity index (χ0v) is 12.3. The van der Waals surface area contributed by atoms with Gasteiger partial charge >= 0.3 is 0 Å². The second-order valence-electron chi connectivity index (χ2n) is 6.39. The molecule has 0 spiro atoms. The van der Waals surface area contributed by atoms with Crippen LogP contribution in [0.2, 0.25) is 0 Å². The number of nitrogens with one attached hydrogen (secondary N) is 1. The summed E-state index contributed by atoms with van der Waals surface area (Å²) in [5, 5.41) is 5.39. The minimum absolute atomic E-state index is 0.672. The molecule has 21 heavy (non-hydrogen) atoms. The Morgan fingerprint density at radius 3 is 3.10 bits per heavy atom. The zero-order chi connectivity index (χ0) is 14.2. The number of nitrogens with two attached hydrogens (primary N) is 1. The van der Waals surface area contributed by atoms with Gasteiger partial charge in [0.25, 0.3) is 0 Å². The summed E-state index contributed by atoms with van der Waals surface area (Å²) < 4.78 is 0. The van der Waals surface area contributed by atoms with E-state index in [0.29, 0.717) is 5.92 Å². The number of allylic oxidation sites excluding steroid dienone is 1. The molecule has 2 aromatic heterocycles. The third-order valence-electron chi connectivity index (χ3n) is 4.82. The Hall–Kier alpha value is -1.94. The Bertz CT molecular complexity index is 725. The van der Waals surface area contributed by atoms with Crippen LogP contribution in [0, 0.1) is 5.92 Å². The van der Waals surface area contributed by atoms with Gasteiger partial charge in [0, 0.05) is 23.3 Å². The van der Waals surface area contributed by atoms with Gasteiger partial charge in [-0.25, -0.2) is 4.98 Å². The zero-order valence-electron chi connectivity index (χ0n) is 12.3. The molecular formula is C17H21N4+. The summed E-state index contributed by atoms with van der Waals surface area (Å²) in [4.78, 5) is 7.91. The number of hydrogen-bond acceptors (Lipinski definition) is 2. The molecule has 1 aliphatic heterocycles. The molecule has 4 nitrogen and oxygen atoms in total. The Labute approximate surface area is 124 Å². The maximum absolute atomic E-state index is 4.64. The fourth-order valence-electron chi connectivity index (χ4n) is 3.67. The molecule has 0 saturated heterocycles. The SMILES string of the molecule is CC1CCCC(c2cnc3[nH]cc(C4=C[NH2+]N=C4)c3c2)C1. The van der Waals surface area contributed by atoms with Gasteiger partial charge in [-0.2, -0.15) is 5.43 Å². The summed E-state index contributed by atoms with van der Waals surface area (Å²) in [6, 6.07) is 2.34. The molecule has 2 aliphatic rings. The molecule has 1 fully saturated rings. The van der Waals surface area contributed by atoms with E-state index in [4.69, 9.17) is 0 Å². The van der Waals surface area contributed by atoms with Crippen molar-refractivity contribution in [1.82, 2.24) is 9.97 Å². The average Bonchev–Trinajstić information content (AvgIpc) is 3.15. The molecule has 0 radical (unpaired) electrons. The van der Waals surface area contributed by atoms with Gasteiger partial charge in [0.05, 0.1) is 11.8 Å². The van der Waals surface area contributed by atoms with Crippen molar-refractivity contribution in [2.45, 2.75) is 38.5 Å². The number of aromatic nitrogens is 2.